The highest BCUT2D eigenvalue weighted by Gasteiger charge is 2.30. The van der Waals surface area contributed by atoms with E-state index in [1.165, 1.54) is 0 Å². The van der Waals surface area contributed by atoms with Gasteiger partial charge in [-0.05, 0) is 0 Å². The fourth-order valence-corrected chi connectivity index (χ4v) is 2.70. The molecule has 0 N–H and O–H groups in total. The van der Waals surface area contributed by atoms with Gasteiger partial charge in [-0.3, -0.25) is 4.79 Å². The van der Waals surface area contributed by atoms with E-state index in [-0.39, 0.29) is 10.7 Å². The van der Waals surface area contributed by atoms with Crippen molar-refractivity contribution >= 4 is 27.5 Å². The van der Waals surface area contributed by atoms with Gasteiger partial charge in [0.25, 0.3) is 0 Å². The minimum Gasteiger partial charge on any atom is -0.493 e. The lowest BCUT2D eigenvalue weighted by atomic mass is 10.2. The van der Waals surface area contributed by atoms with E-state index in [4.69, 9.17) is 14.2 Å². The predicted molar refractivity (Wildman–Crippen MR) is 75.8 cm³/mol. The van der Waals surface area contributed by atoms with Crippen molar-refractivity contribution in [3.63, 3.8) is 0 Å². The van der Waals surface area contributed by atoms with Gasteiger partial charge in [0.2, 0.25) is 11.7 Å². The van der Waals surface area contributed by atoms with E-state index >= 15 is 0 Å². The summed E-state index contributed by atoms with van der Waals surface area (Å²) >= 11 is 3.47. The molecular weight excluding hydrogens is 314 g/mol. The van der Waals surface area contributed by atoms with E-state index in [1.54, 1.807) is 38.4 Å². The third-order valence-electron chi connectivity index (χ3n) is 3.04. The Morgan fingerprint density at radius 2 is 1.74 bits per heavy atom. The molecule has 0 radical (unpaired) electrons. The largest absolute Gasteiger partial charge is 0.493 e. The Labute approximate surface area is 120 Å². The number of amides is 1. The second-order valence-corrected chi connectivity index (χ2v) is 5.48. The molecule has 1 heterocycles. The maximum Gasteiger partial charge on any atom is 0.228 e. The number of rotatable bonds is 4. The molecule has 1 aliphatic rings. The van der Waals surface area contributed by atoms with Crippen LogP contribution in [-0.4, -0.2) is 38.6 Å². The first-order valence-electron chi connectivity index (χ1n) is 5.85. The zero-order valence-electron chi connectivity index (χ0n) is 11.1. The lowest BCUT2D eigenvalue weighted by Gasteiger charge is -2.20. The van der Waals surface area contributed by atoms with Crippen LogP contribution in [0.25, 0.3) is 0 Å². The van der Waals surface area contributed by atoms with Crippen LogP contribution in [0.1, 0.15) is 6.42 Å². The summed E-state index contributed by atoms with van der Waals surface area (Å²) in [5, 5.41) is 0. The molecule has 0 aliphatic carbocycles. The number of hydrogen-bond acceptors (Lipinski definition) is 4. The monoisotopic (exact) mass is 329 g/mol. The summed E-state index contributed by atoms with van der Waals surface area (Å²) in [7, 11) is 4.66. The van der Waals surface area contributed by atoms with Gasteiger partial charge in [-0.1, -0.05) is 15.9 Å². The van der Waals surface area contributed by atoms with E-state index in [2.05, 4.69) is 15.9 Å². The fourth-order valence-electron chi connectivity index (χ4n) is 2.14. The number of nitrogens with zero attached hydrogens (tertiary/aromatic N) is 1. The molecule has 5 nitrogen and oxygen atoms in total. The molecule has 1 aliphatic heterocycles. The van der Waals surface area contributed by atoms with Crippen molar-refractivity contribution in [1.29, 1.82) is 0 Å². The number of benzene rings is 1. The van der Waals surface area contributed by atoms with Crippen LogP contribution in [0.2, 0.25) is 0 Å². The summed E-state index contributed by atoms with van der Waals surface area (Å²) in [6, 6.07) is 3.56. The average molecular weight is 330 g/mol. The SMILES string of the molecule is COc1cc(N2CC(Br)CC2=O)cc(OC)c1OC. The van der Waals surface area contributed by atoms with Crippen LogP contribution in [0.3, 0.4) is 0 Å². The molecule has 6 heteroatoms. The van der Waals surface area contributed by atoms with Crippen LogP contribution in [0.5, 0.6) is 17.2 Å². The van der Waals surface area contributed by atoms with E-state index in [0.29, 0.717) is 30.2 Å². The van der Waals surface area contributed by atoms with Gasteiger partial charge < -0.3 is 19.1 Å². The first-order valence-corrected chi connectivity index (χ1v) is 6.76. The summed E-state index contributed by atoms with van der Waals surface area (Å²) < 4.78 is 15.8. The molecule has 104 valence electrons. The Kier molecular flexibility index (Phi) is 4.19. The molecule has 2 rings (SSSR count). The molecule has 1 fully saturated rings. The summed E-state index contributed by atoms with van der Waals surface area (Å²) in [6.07, 6.45) is 0.497. The van der Waals surface area contributed by atoms with Crippen molar-refractivity contribution in [2.24, 2.45) is 0 Å². The van der Waals surface area contributed by atoms with Crippen LogP contribution in [0.4, 0.5) is 5.69 Å². The Morgan fingerprint density at radius 1 is 1.16 bits per heavy atom. The molecule has 0 spiro atoms. The van der Waals surface area contributed by atoms with Gasteiger partial charge in [0.1, 0.15) is 0 Å². The Morgan fingerprint density at radius 3 is 2.11 bits per heavy atom. The van der Waals surface area contributed by atoms with Crippen molar-refractivity contribution in [2.75, 3.05) is 32.8 Å². The molecule has 0 saturated carbocycles. The maximum absolute atomic E-state index is 11.9. The highest BCUT2D eigenvalue weighted by molar-refractivity contribution is 9.09. The maximum atomic E-state index is 11.9. The van der Waals surface area contributed by atoms with Crippen molar-refractivity contribution in [1.82, 2.24) is 0 Å². The van der Waals surface area contributed by atoms with Gasteiger partial charge in [-0.15, -0.1) is 0 Å². The summed E-state index contributed by atoms with van der Waals surface area (Å²) in [5.74, 6) is 1.69. The predicted octanol–water partition coefficient (Wildman–Crippen LogP) is 2.21. The van der Waals surface area contributed by atoms with Crippen molar-refractivity contribution < 1.29 is 19.0 Å². The normalized spacial score (nSPS) is 18.6. The first-order chi connectivity index (χ1) is 9.10. The van der Waals surface area contributed by atoms with Gasteiger partial charge in [0.15, 0.2) is 11.5 Å². The first kappa shape index (κ1) is 14.0. The van der Waals surface area contributed by atoms with E-state index in [0.717, 1.165) is 5.69 Å². The van der Waals surface area contributed by atoms with Gasteiger partial charge >= 0.3 is 0 Å². The van der Waals surface area contributed by atoms with Gasteiger partial charge in [-0.25, -0.2) is 0 Å². The molecule has 1 aromatic rings. The molecule has 1 atom stereocenters. The van der Waals surface area contributed by atoms with Crippen molar-refractivity contribution in [3.8, 4) is 17.2 Å². The number of methoxy groups -OCH3 is 3. The highest BCUT2D eigenvalue weighted by Crippen LogP contribution is 2.42. The molecule has 1 amide bonds. The second-order valence-electron chi connectivity index (χ2n) is 4.19. The Bertz CT molecular complexity index is 467. The number of hydrogen-bond donors (Lipinski definition) is 0. The van der Waals surface area contributed by atoms with Crippen LogP contribution in [0, 0.1) is 0 Å². The Balaban J connectivity index is 2.44. The molecule has 1 saturated heterocycles. The molecule has 19 heavy (non-hydrogen) atoms. The Hall–Kier alpha value is -1.43. The number of ether oxygens (including phenoxy) is 3. The van der Waals surface area contributed by atoms with Gasteiger partial charge in [0.05, 0.1) is 27.0 Å². The molecule has 1 aromatic carbocycles. The average Bonchev–Trinajstić information content (AvgIpc) is 2.75. The topological polar surface area (TPSA) is 48.0 Å². The minimum atomic E-state index is 0.0798. The summed E-state index contributed by atoms with van der Waals surface area (Å²) in [4.78, 5) is 13.8. The van der Waals surface area contributed by atoms with Crippen LogP contribution < -0.4 is 19.1 Å². The molecule has 0 bridgehead atoms. The lowest BCUT2D eigenvalue weighted by Crippen LogP contribution is -2.24. The lowest BCUT2D eigenvalue weighted by molar-refractivity contribution is -0.117. The van der Waals surface area contributed by atoms with Crippen molar-refractivity contribution in [2.45, 2.75) is 11.2 Å². The van der Waals surface area contributed by atoms with E-state index < -0.39 is 0 Å². The number of carbonyl (C=O) groups excluding carboxylic acids is 1. The van der Waals surface area contributed by atoms with Crippen LogP contribution >= 0.6 is 15.9 Å². The molecule has 1 unspecified atom stereocenters. The third kappa shape index (κ3) is 2.63. The van der Waals surface area contributed by atoms with Crippen LogP contribution in [-0.2, 0) is 4.79 Å². The second kappa shape index (κ2) is 5.69. The zero-order valence-corrected chi connectivity index (χ0v) is 12.7. The number of alkyl halides is 1. The quantitative estimate of drug-likeness (QED) is 0.795. The number of anilines is 1. The number of carbonyl (C=O) groups is 1. The zero-order chi connectivity index (χ0) is 14.0. The number of halogens is 1. The van der Waals surface area contributed by atoms with Crippen molar-refractivity contribution in [3.05, 3.63) is 12.1 Å². The smallest absolute Gasteiger partial charge is 0.228 e. The molecular formula is C13H16BrNO4. The summed E-state index contributed by atoms with van der Waals surface area (Å²) in [5.41, 5.74) is 0.751. The minimum absolute atomic E-state index is 0.0798. The molecule has 0 aromatic heterocycles. The van der Waals surface area contributed by atoms with Gasteiger partial charge in [-0.2, -0.15) is 0 Å². The summed E-state index contributed by atoms with van der Waals surface area (Å²) in [6.45, 7) is 0.636. The van der Waals surface area contributed by atoms with E-state index in [1.807, 2.05) is 0 Å². The third-order valence-corrected chi connectivity index (χ3v) is 3.65. The standard InChI is InChI=1S/C13H16BrNO4/c1-17-10-5-9(6-11(18-2)13(10)19-3)15-7-8(14)4-12(15)16/h5-6,8H,4,7H2,1-3H3. The fraction of sp³-hybridized carbons (Fsp3) is 0.462. The highest BCUT2D eigenvalue weighted by atomic mass is 79.9. The van der Waals surface area contributed by atoms with Crippen LogP contribution in [0.15, 0.2) is 12.1 Å². The van der Waals surface area contributed by atoms with Gasteiger partial charge in [0, 0.05) is 29.9 Å². The van der Waals surface area contributed by atoms with E-state index in [9.17, 15) is 4.79 Å².